The molecule has 0 spiro atoms. The van der Waals surface area contributed by atoms with E-state index in [1.807, 2.05) is 54.6 Å². The van der Waals surface area contributed by atoms with Crippen molar-refractivity contribution in [3.63, 3.8) is 0 Å². The Balaban J connectivity index is 0.882. The predicted molar refractivity (Wildman–Crippen MR) is 239 cm³/mol. The lowest BCUT2D eigenvalue weighted by Gasteiger charge is -2.10. The van der Waals surface area contributed by atoms with Crippen molar-refractivity contribution in [3.05, 3.63) is 188 Å². The molecule has 11 rings (SSSR count). The number of aromatic nitrogens is 7. The first-order valence-corrected chi connectivity index (χ1v) is 20.1. The Morgan fingerprint density at radius 1 is 0.339 bits per heavy atom. The molecule has 0 aliphatic rings. The maximum Gasteiger partial charge on any atom is 0.164 e. The fraction of sp³-hybridized carbons (Fsp3) is 0. The Morgan fingerprint density at radius 2 is 0.797 bits per heavy atom. The number of benzene rings is 7. The van der Waals surface area contributed by atoms with Crippen molar-refractivity contribution in [2.75, 3.05) is 0 Å². The molecule has 0 saturated heterocycles. The summed E-state index contributed by atoms with van der Waals surface area (Å²) in [5.41, 5.74) is 13.1. The smallest absolute Gasteiger partial charge is 0.164 e. The second-order valence-electron chi connectivity index (χ2n) is 14.3. The summed E-state index contributed by atoms with van der Waals surface area (Å²) in [5, 5.41) is 15.2. The third-order valence-corrected chi connectivity index (χ3v) is 11.7. The van der Waals surface area contributed by atoms with E-state index < -0.39 is 0 Å². The molecule has 0 aliphatic heterocycles. The van der Waals surface area contributed by atoms with E-state index in [2.05, 4.69) is 149 Å². The molecule has 7 aromatic carbocycles. The van der Waals surface area contributed by atoms with E-state index in [0.717, 1.165) is 87.1 Å². The van der Waals surface area contributed by atoms with Crippen molar-refractivity contribution in [2.45, 2.75) is 0 Å². The highest BCUT2D eigenvalue weighted by Gasteiger charge is 2.17. The minimum atomic E-state index is 0.623. The second kappa shape index (κ2) is 14.6. The highest BCUT2D eigenvalue weighted by Crippen LogP contribution is 2.38. The molecule has 8 heteroatoms. The predicted octanol–water partition coefficient (Wildman–Crippen LogP) is 12.6. The van der Waals surface area contributed by atoms with Gasteiger partial charge in [-0.25, -0.2) is 19.9 Å². The number of hydrogen-bond acceptors (Lipinski definition) is 8. The maximum atomic E-state index is 4.99. The van der Waals surface area contributed by atoms with Crippen LogP contribution in [0, 0.1) is 0 Å². The summed E-state index contributed by atoms with van der Waals surface area (Å²) in [5.74, 6) is 1.89. The number of pyridine rings is 1. The SMILES string of the molecule is c1ccc(-c2ccc(-c3nc(-c4ccccc4)nc(-c4ccc(-c5cccc(-c6ccc(-c7nnnc8c7sc7nc9ccccc9cc78)cc6)c5)cc4)n3)cc2)cc1. The Kier molecular flexibility index (Phi) is 8.52. The highest BCUT2D eigenvalue weighted by molar-refractivity contribution is 7.25. The number of fused-ring (bicyclic) bond motifs is 4. The summed E-state index contributed by atoms with van der Waals surface area (Å²) in [6.07, 6.45) is 0. The summed E-state index contributed by atoms with van der Waals surface area (Å²) in [6.45, 7) is 0. The van der Waals surface area contributed by atoms with Gasteiger partial charge in [-0.15, -0.1) is 21.5 Å². The average molecular weight is 774 g/mol. The van der Waals surface area contributed by atoms with E-state index in [1.54, 1.807) is 11.3 Å². The molecule has 4 heterocycles. The van der Waals surface area contributed by atoms with Crippen molar-refractivity contribution in [1.29, 1.82) is 0 Å². The summed E-state index contributed by atoms with van der Waals surface area (Å²) >= 11 is 1.61. The molecule has 0 saturated carbocycles. The molecule has 11 aromatic rings. The molecule has 0 atom stereocenters. The van der Waals surface area contributed by atoms with Crippen LogP contribution in [0.4, 0.5) is 0 Å². The Bertz CT molecular complexity index is 3300. The molecule has 0 bridgehead atoms. The van der Waals surface area contributed by atoms with Gasteiger partial charge in [0.05, 0.1) is 10.2 Å². The number of rotatable bonds is 7. The Morgan fingerprint density at radius 3 is 1.41 bits per heavy atom. The molecule has 0 fully saturated rings. The van der Waals surface area contributed by atoms with Crippen LogP contribution in [0.25, 0.3) is 110 Å². The van der Waals surface area contributed by atoms with Gasteiger partial charge in [0.1, 0.15) is 16.0 Å². The zero-order valence-electron chi connectivity index (χ0n) is 31.4. The molecule has 0 amide bonds. The van der Waals surface area contributed by atoms with Crippen molar-refractivity contribution >= 4 is 42.7 Å². The van der Waals surface area contributed by atoms with E-state index in [1.165, 1.54) is 5.56 Å². The van der Waals surface area contributed by atoms with Gasteiger partial charge in [-0.1, -0.05) is 170 Å². The van der Waals surface area contributed by atoms with Gasteiger partial charge in [-0.2, -0.15) is 0 Å². The third-order valence-electron chi connectivity index (χ3n) is 10.6. The quantitative estimate of drug-likeness (QED) is 0.159. The Hall–Kier alpha value is -7.81. The lowest BCUT2D eigenvalue weighted by atomic mass is 9.97. The molecule has 0 aliphatic carbocycles. The monoisotopic (exact) mass is 773 g/mol. The van der Waals surface area contributed by atoms with Crippen molar-refractivity contribution < 1.29 is 0 Å². The van der Waals surface area contributed by atoms with Gasteiger partial charge in [0.2, 0.25) is 0 Å². The lowest BCUT2D eigenvalue weighted by molar-refractivity contribution is 0.904. The van der Waals surface area contributed by atoms with Gasteiger partial charge in [0.25, 0.3) is 0 Å². The van der Waals surface area contributed by atoms with E-state index in [0.29, 0.717) is 17.5 Å². The first kappa shape index (κ1) is 34.4. The zero-order chi connectivity index (χ0) is 39.1. The number of thiophene rings is 1. The minimum Gasteiger partial charge on any atom is -0.237 e. The van der Waals surface area contributed by atoms with Crippen molar-refractivity contribution in [2.24, 2.45) is 0 Å². The number of hydrogen-bond donors (Lipinski definition) is 0. The molecule has 0 radical (unpaired) electrons. The standard InChI is InChI=1S/C51H31N7S/c1-3-10-32(11-4-1)33-20-26-38(27-21-33)49-53-48(37-12-5-2-6-13-37)54-50(55-49)39-28-22-35(23-29-39)41-16-9-15-40(30-41)34-18-24-36(25-19-34)45-47-46(57-58-56-45)43-31-42-14-7-8-17-44(42)52-51(43)59-47/h1-31H. The number of para-hydroxylation sites is 1. The molecule has 7 nitrogen and oxygen atoms in total. The largest absolute Gasteiger partial charge is 0.237 e. The second-order valence-corrected chi connectivity index (χ2v) is 15.3. The molecule has 0 N–H and O–H groups in total. The first-order chi connectivity index (χ1) is 29.2. The third kappa shape index (κ3) is 6.57. The van der Waals surface area contributed by atoms with Gasteiger partial charge in [0.15, 0.2) is 17.5 Å². The van der Waals surface area contributed by atoms with Gasteiger partial charge >= 0.3 is 0 Å². The molecule has 276 valence electrons. The maximum absolute atomic E-state index is 4.99. The normalized spacial score (nSPS) is 11.4. The van der Waals surface area contributed by atoms with Crippen molar-refractivity contribution in [3.8, 4) is 78.8 Å². The van der Waals surface area contributed by atoms with E-state index in [4.69, 9.17) is 19.9 Å². The zero-order valence-corrected chi connectivity index (χ0v) is 32.3. The summed E-state index contributed by atoms with van der Waals surface area (Å²) in [6, 6.07) is 64.7. The molecule has 0 unspecified atom stereocenters. The van der Waals surface area contributed by atoms with Gasteiger partial charge in [-0.3, -0.25) is 0 Å². The molecular formula is C51H31N7S. The molecular weight excluding hydrogens is 743 g/mol. The van der Waals surface area contributed by atoms with E-state index >= 15 is 0 Å². The van der Waals surface area contributed by atoms with Crippen LogP contribution in [0.5, 0.6) is 0 Å². The fourth-order valence-corrected chi connectivity index (χ4v) is 8.63. The van der Waals surface area contributed by atoms with Gasteiger partial charge < -0.3 is 0 Å². The van der Waals surface area contributed by atoms with E-state index in [-0.39, 0.29) is 0 Å². The van der Waals surface area contributed by atoms with Crippen LogP contribution in [0.1, 0.15) is 0 Å². The van der Waals surface area contributed by atoms with Crippen LogP contribution in [0.2, 0.25) is 0 Å². The van der Waals surface area contributed by atoms with Crippen LogP contribution >= 0.6 is 11.3 Å². The van der Waals surface area contributed by atoms with Gasteiger partial charge in [-0.05, 0) is 56.8 Å². The number of nitrogens with zero attached hydrogens (tertiary/aromatic N) is 7. The van der Waals surface area contributed by atoms with Crippen molar-refractivity contribution in [1.82, 2.24) is 35.3 Å². The minimum absolute atomic E-state index is 0.623. The van der Waals surface area contributed by atoms with E-state index in [9.17, 15) is 0 Å². The van der Waals surface area contributed by atoms with Crippen LogP contribution < -0.4 is 0 Å². The topological polar surface area (TPSA) is 90.2 Å². The summed E-state index contributed by atoms with van der Waals surface area (Å²) in [4.78, 5) is 20.7. The lowest BCUT2D eigenvalue weighted by Crippen LogP contribution is -2.00. The van der Waals surface area contributed by atoms with Crippen LogP contribution in [-0.4, -0.2) is 35.3 Å². The highest BCUT2D eigenvalue weighted by atomic mass is 32.1. The summed E-state index contributed by atoms with van der Waals surface area (Å²) in [7, 11) is 0. The fourth-order valence-electron chi connectivity index (χ4n) is 7.52. The average Bonchev–Trinajstić information content (AvgIpc) is 3.69. The Labute approximate surface area is 343 Å². The molecule has 4 aromatic heterocycles. The summed E-state index contributed by atoms with van der Waals surface area (Å²) < 4.78 is 0.984. The molecule has 59 heavy (non-hydrogen) atoms. The van der Waals surface area contributed by atoms with Gasteiger partial charge in [0, 0.05) is 33.0 Å². The van der Waals surface area contributed by atoms with Crippen LogP contribution in [-0.2, 0) is 0 Å². The van der Waals surface area contributed by atoms with Crippen LogP contribution in [0.15, 0.2) is 188 Å². The first-order valence-electron chi connectivity index (χ1n) is 19.3. The van der Waals surface area contributed by atoms with Crippen LogP contribution in [0.3, 0.4) is 0 Å².